The molecule has 3 N–H and O–H groups in total. The zero-order valence-electron chi connectivity index (χ0n) is 11.6. The molecule has 2 aromatic carbocycles. The van der Waals surface area contributed by atoms with Crippen LogP contribution in [0.4, 0.5) is 17.5 Å². The van der Waals surface area contributed by atoms with Crippen LogP contribution in [-0.2, 0) is 12.8 Å². The normalized spacial score (nSPS) is 13.3. The van der Waals surface area contributed by atoms with E-state index in [1.54, 1.807) is 0 Å². The lowest BCUT2D eigenvalue weighted by Gasteiger charge is -2.10. The summed E-state index contributed by atoms with van der Waals surface area (Å²) in [5.74, 6) is 1.05. The zero-order valence-corrected chi connectivity index (χ0v) is 11.6. The average Bonchev–Trinajstić information content (AvgIpc) is 2.94. The third kappa shape index (κ3) is 2.18. The van der Waals surface area contributed by atoms with Gasteiger partial charge in [-0.15, -0.1) is 0 Å². The molecule has 1 heterocycles. The van der Waals surface area contributed by atoms with Crippen molar-refractivity contribution in [1.29, 1.82) is 0 Å². The lowest BCUT2D eigenvalue weighted by molar-refractivity contribution is 0.912. The van der Waals surface area contributed by atoms with Crippen molar-refractivity contribution in [2.75, 3.05) is 11.1 Å². The number of aromatic nitrogens is 2. The van der Waals surface area contributed by atoms with Gasteiger partial charge in [0.2, 0.25) is 5.95 Å². The van der Waals surface area contributed by atoms with E-state index in [1.807, 2.05) is 24.3 Å². The molecule has 21 heavy (non-hydrogen) atoms. The highest BCUT2D eigenvalue weighted by molar-refractivity contribution is 5.91. The molecule has 0 saturated heterocycles. The maximum Gasteiger partial charge on any atom is 0.222 e. The van der Waals surface area contributed by atoms with Gasteiger partial charge in [-0.05, 0) is 54.7 Å². The van der Waals surface area contributed by atoms with E-state index in [1.165, 1.54) is 24.0 Å². The Hall–Kier alpha value is -2.62. The van der Waals surface area contributed by atoms with E-state index in [2.05, 4.69) is 33.5 Å². The summed E-state index contributed by atoms with van der Waals surface area (Å²) in [5.41, 5.74) is 10.6. The Labute approximate surface area is 123 Å². The Morgan fingerprint density at radius 2 is 1.81 bits per heavy atom. The monoisotopic (exact) mass is 276 g/mol. The van der Waals surface area contributed by atoms with Crippen LogP contribution >= 0.6 is 0 Å². The maximum atomic E-state index is 5.81. The Morgan fingerprint density at radius 3 is 2.76 bits per heavy atom. The van der Waals surface area contributed by atoms with Gasteiger partial charge in [-0.25, -0.2) is 4.98 Å². The third-order valence-electron chi connectivity index (χ3n) is 3.98. The molecule has 3 aromatic rings. The number of hydrogen-bond donors (Lipinski definition) is 2. The SMILES string of the molecule is Nc1nc(Nc2ccc3c(c2)CCC3)c2ccccc2n1. The van der Waals surface area contributed by atoms with Crippen LogP contribution in [0.2, 0.25) is 0 Å². The molecule has 0 spiro atoms. The number of anilines is 3. The number of nitrogens with one attached hydrogen (secondary N) is 1. The van der Waals surface area contributed by atoms with Crippen LogP contribution in [0, 0.1) is 0 Å². The molecular formula is C17H16N4. The van der Waals surface area contributed by atoms with Crippen LogP contribution < -0.4 is 11.1 Å². The minimum atomic E-state index is 0.289. The van der Waals surface area contributed by atoms with Crippen LogP contribution in [0.5, 0.6) is 0 Å². The van der Waals surface area contributed by atoms with E-state index in [0.717, 1.165) is 28.8 Å². The van der Waals surface area contributed by atoms with Crippen molar-refractivity contribution < 1.29 is 0 Å². The van der Waals surface area contributed by atoms with E-state index in [9.17, 15) is 0 Å². The first kappa shape index (κ1) is 12.1. The van der Waals surface area contributed by atoms with Gasteiger partial charge >= 0.3 is 0 Å². The summed E-state index contributed by atoms with van der Waals surface area (Å²) < 4.78 is 0. The molecule has 0 amide bonds. The minimum Gasteiger partial charge on any atom is -0.368 e. The highest BCUT2D eigenvalue weighted by atomic mass is 15.1. The summed E-state index contributed by atoms with van der Waals surface area (Å²) in [6.07, 6.45) is 3.61. The number of rotatable bonds is 2. The molecule has 0 unspecified atom stereocenters. The standard InChI is InChI=1S/C17H16N4/c18-17-20-15-7-2-1-6-14(15)16(21-17)19-13-9-8-11-4-3-5-12(11)10-13/h1-2,6-10H,3-5H2,(H3,18,19,20,21). The second-order valence-electron chi connectivity index (χ2n) is 5.41. The fourth-order valence-corrected chi connectivity index (χ4v) is 2.98. The smallest absolute Gasteiger partial charge is 0.222 e. The number of nitrogen functional groups attached to an aromatic ring is 1. The zero-order chi connectivity index (χ0) is 14.2. The second kappa shape index (κ2) is 4.74. The first-order valence-corrected chi connectivity index (χ1v) is 7.21. The Balaban J connectivity index is 1.77. The fourth-order valence-electron chi connectivity index (χ4n) is 2.98. The number of aryl methyl sites for hydroxylation is 2. The van der Waals surface area contributed by atoms with Gasteiger partial charge in [-0.3, -0.25) is 0 Å². The van der Waals surface area contributed by atoms with Crippen LogP contribution in [0.1, 0.15) is 17.5 Å². The number of hydrogen-bond acceptors (Lipinski definition) is 4. The molecule has 4 nitrogen and oxygen atoms in total. The molecule has 0 radical (unpaired) electrons. The van der Waals surface area contributed by atoms with Crippen molar-refractivity contribution in [3.05, 3.63) is 53.6 Å². The lowest BCUT2D eigenvalue weighted by Crippen LogP contribution is -2.01. The Bertz CT molecular complexity index is 826. The van der Waals surface area contributed by atoms with Crippen molar-refractivity contribution in [1.82, 2.24) is 9.97 Å². The molecule has 4 heteroatoms. The molecule has 1 aliphatic carbocycles. The topological polar surface area (TPSA) is 63.8 Å². The van der Waals surface area contributed by atoms with Gasteiger partial charge in [0.1, 0.15) is 5.82 Å². The van der Waals surface area contributed by atoms with Crippen LogP contribution in [0.15, 0.2) is 42.5 Å². The Morgan fingerprint density at radius 1 is 0.952 bits per heavy atom. The van der Waals surface area contributed by atoms with Gasteiger partial charge in [0.15, 0.2) is 0 Å². The molecule has 0 bridgehead atoms. The predicted octanol–water partition coefficient (Wildman–Crippen LogP) is 3.44. The van der Waals surface area contributed by atoms with E-state index in [-0.39, 0.29) is 5.95 Å². The average molecular weight is 276 g/mol. The van der Waals surface area contributed by atoms with Crippen molar-refractivity contribution in [2.24, 2.45) is 0 Å². The first-order chi connectivity index (χ1) is 10.3. The number of fused-ring (bicyclic) bond motifs is 2. The van der Waals surface area contributed by atoms with Gasteiger partial charge in [0, 0.05) is 11.1 Å². The van der Waals surface area contributed by atoms with Gasteiger partial charge in [-0.1, -0.05) is 18.2 Å². The minimum absolute atomic E-state index is 0.289. The van der Waals surface area contributed by atoms with Gasteiger partial charge in [0.05, 0.1) is 5.52 Å². The molecule has 0 aliphatic heterocycles. The highest BCUT2D eigenvalue weighted by Crippen LogP contribution is 2.28. The molecule has 4 rings (SSSR count). The van der Waals surface area contributed by atoms with Gasteiger partial charge in [-0.2, -0.15) is 4.98 Å². The van der Waals surface area contributed by atoms with E-state index in [0.29, 0.717) is 0 Å². The fraction of sp³-hybridized carbons (Fsp3) is 0.176. The van der Waals surface area contributed by atoms with E-state index >= 15 is 0 Å². The summed E-state index contributed by atoms with van der Waals surface area (Å²) in [5, 5.41) is 4.37. The van der Waals surface area contributed by atoms with Gasteiger partial charge < -0.3 is 11.1 Å². The van der Waals surface area contributed by atoms with E-state index in [4.69, 9.17) is 5.73 Å². The summed E-state index contributed by atoms with van der Waals surface area (Å²) in [6, 6.07) is 14.4. The number of nitrogens with zero attached hydrogens (tertiary/aromatic N) is 2. The quantitative estimate of drug-likeness (QED) is 0.752. The van der Waals surface area contributed by atoms with E-state index < -0.39 is 0 Å². The second-order valence-corrected chi connectivity index (χ2v) is 5.41. The van der Waals surface area contributed by atoms with Crippen molar-refractivity contribution in [3.63, 3.8) is 0 Å². The number of nitrogens with two attached hydrogens (primary N) is 1. The molecule has 0 saturated carbocycles. The highest BCUT2D eigenvalue weighted by Gasteiger charge is 2.12. The number of benzene rings is 2. The van der Waals surface area contributed by atoms with Crippen LogP contribution in [-0.4, -0.2) is 9.97 Å². The Kier molecular flexibility index (Phi) is 2.74. The summed E-state index contributed by atoms with van der Waals surface area (Å²) in [6.45, 7) is 0. The van der Waals surface area contributed by atoms with Crippen molar-refractivity contribution in [3.8, 4) is 0 Å². The summed E-state index contributed by atoms with van der Waals surface area (Å²) >= 11 is 0. The van der Waals surface area contributed by atoms with Crippen LogP contribution in [0.25, 0.3) is 10.9 Å². The molecule has 0 atom stereocenters. The summed E-state index contributed by atoms with van der Waals surface area (Å²) in [4.78, 5) is 8.61. The molecule has 1 aliphatic rings. The predicted molar refractivity (Wildman–Crippen MR) is 85.7 cm³/mol. The molecule has 0 fully saturated rings. The van der Waals surface area contributed by atoms with Crippen LogP contribution in [0.3, 0.4) is 0 Å². The molecule has 1 aromatic heterocycles. The summed E-state index contributed by atoms with van der Waals surface area (Å²) in [7, 11) is 0. The largest absolute Gasteiger partial charge is 0.368 e. The molecular weight excluding hydrogens is 260 g/mol. The lowest BCUT2D eigenvalue weighted by atomic mass is 10.1. The van der Waals surface area contributed by atoms with Crippen molar-refractivity contribution in [2.45, 2.75) is 19.3 Å². The number of para-hydroxylation sites is 1. The maximum absolute atomic E-state index is 5.81. The van der Waals surface area contributed by atoms with Crippen molar-refractivity contribution >= 4 is 28.4 Å². The van der Waals surface area contributed by atoms with Gasteiger partial charge in [0.25, 0.3) is 0 Å². The molecule has 104 valence electrons. The first-order valence-electron chi connectivity index (χ1n) is 7.21. The third-order valence-corrected chi connectivity index (χ3v) is 3.98.